The molecular weight excluding hydrogens is 422 g/mol. The van der Waals surface area contributed by atoms with Gasteiger partial charge in [-0.3, -0.25) is 0 Å². The van der Waals surface area contributed by atoms with Gasteiger partial charge in [-0.15, -0.1) is 0 Å². The number of morpholine rings is 1. The first-order valence-electron chi connectivity index (χ1n) is 10.8. The van der Waals surface area contributed by atoms with Crippen molar-refractivity contribution in [2.75, 3.05) is 31.8 Å². The van der Waals surface area contributed by atoms with Gasteiger partial charge in [-0.25, -0.2) is 14.8 Å². The van der Waals surface area contributed by atoms with E-state index in [4.69, 9.17) is 24.0 Å². The van der Waals surface area contributed by atoms with Crippen molar-refractivity contribution in [2.24, 2.45) is 0 Å². The van der Waals surface area contributed by atoms with Crippen LogP contribution >= 0.6 is 0 Å². The summed E-state index contributed by atoms with van der Waals surface area (Å²) >= 11 is 0. The number of hydrogen-bond acceptors (Lipinski definition) is 8. The molecule has 5 rings (SSSR count). The molecule has 0 bridgehead atoms. The van der Waals surface area contributed by atoms with Gasteiger partial charge in [0.2, 0.25) is 0 Å². The van der Waals surface area contributed by atoms with Crippen molar-refractivity contribution >= 4 is 22.7 Å². The number of aromatic nitrogens is 4. The first-order chi connectivity index (χ1) is 16.0. The van der Waals surface area contributed by atoms with Gasteiger partial charge < -0.3 is 23.9 Å². The zero-order valence-corrected chi connectivity index (χ0v) is 19.0. The van der Waals surface area contributed by atoms with E-state index in [0.29, 0.717) is 30.4 Å². The largest absolute Gasteiger partial charge is 0.465 e. The minimum absolute atomic E-state index is 0.160. The van der Waals surface area contributed by atoms with Crippen LogP contribution in [0.1, 0.15) is 28.7 Å². The van der Waals surface area contributed by atoms with Crippen LogP contribution in [-0.2, 0) is 9.47 Å². The molecule has 0 aliphatic carbocycles. The highest BCUT2D eigenvalue weighted by Crippen LogP contribution is 2.34. The number of nitrogens with one attached hydrogen (secondary N) is 1. The Balaban J connectivity index is 1.75. The van der Waals surface area contributed by atoms with E-state index < -0.39 is 5.97 Å². The third-order valence-electron chi connectivity index (χ3n) is 5.99. The Kier molecular flexibility index (Phi) is 5.33. The van der Waals surface area contributed by atoms with Crippen LogP contribution in [0.2, 0.25) is 0 Å². The topological polar surface area (TPSA) is 106 Å². The number of methoxy groups -OCH3 is 1. The van der Waals surface area contributed by atoms with E-state index in [0.717, 1.165) is 45.8 Å². The summed E-state index contributed by atoms with van der Waals surface area (Å²) in [6.07, 6.45) is 1.83. The Hall–Kier alpha value is -3.72. The van der Waals surface area contributed by atoms with Crippen molar-refractivity contribution in [3.05, 3.63) is 47.5 Å². The highest BCUT2D eigenvalue weighted by molar-refractivity contribution is 6.01. The molecule has 1 N–H and O–H groups in total. The van der Waals surface area contributed by atoms with Crippen LogP contribution in [0.3, 0.4) is 0 Å². The normalized spacial score (nSPS) is 16.4. The number of benzene rings is 1. The predicted octanol–water partition coefficient (Wildman–Crippen LogP) is 3.91. The number of H-pyrrole nitrogens is 1. The van der Waals surface area contributed by atoms with Gasteiger partial charge in [0, 0.05) is 35.3 Å². The Morgan fingerprint density at radius 2 is 2.09 bits per heavy atom. The van der Waals surface area contributed by atoms with Gasteiger partial charge in [-0.05, 0) is 39.0 Å². The fourth-order valence-corrected chi connectivity index (χ4v) is 4.33. The van der Waals surface area contributed by atoms with Crippen molar-refractivity contribution in [1.82, 2.24) is 20.1 Å². The van der Waals surface area contributed by atoms with Crippen molar-refractivity contribution in [2.45, 2.75) is 26.8 Å². The average Bonchev–Trinajstić information content (AvgIpc) is 3.43. The molecule has 1 saturated heterocycles. The molecule has 0 spiro atoms. The van der Waals surface area contributed by atoms with E-state index in [1.54, 1.807) is 12.1 Å². The van der Waals surface area contributed by atoms with Gasteiger partial charge in [0.1, 0.15) is 11.6 Å². The summed E-state index contributed by atoms with van der Waals surface area (Å²) in [4.78, 5) is 27.6. The lowest BCUT2D eigenvalue weighted by Gasteiger charge is -2.34. The van der Waals surface area contributed by atoms with E-state index in [1.807, 2.05) is 32.2 Å². The molecule has 3 aromatic heterocycles. The summed E-state index contributed by atoms with van der Waals surface area (Å²) in [5, 5.41) is 5.02. The van der Waals surface area contributed by atoms with Gasteiger partial charge in [-0.2, -0.15) is 0 Å². The molecule has 170 valence electrons. The maximum atomic E-state index is 12.3. The Morgan fingerprint density at radius 1 is 1.24 bits per heavy atom. The van der Waals surface area contributed by atoms with E-state index in [2.05, 4.69) is 22.0 Å². The number of nitrogens with zero attached hydrogens (tertiary/aromatic N) is 4. The summed E-state index contributed by atoms with van der Waals surface area (Å²) in [7, 11) is 1.37. The SMILES string of the molecule is COC(=O)c1cc(-c2nc(-c3c(C)noc3C)cc(N3CCOC[C@H]3C)n2)c2cc[nH]c2c1. The summed E-state index contributed by atoms with van der Waals surface area (Å²) in [6.45, 7) is 7.85. The highest BCUT2D eigenvalue weighted by atomic mass is 16.5. The number of rotatable bonds is 4. The first kappa shape index (κ1) is 21.1. The second-order valence-corrected chi connectivity index (χ2v) is 8.21. The monoisotopic (exact) mass is 447 g/mol. The summed E-state index contributed by atoms with van der Waals surface area (Å²) in [5.74, 6) is 1.57. The van der Waals surface area contributed by atoms with Crippen LogP contribution < -0.4 is 4.90 Å². The number of esters is 1. The number of aromatic amines is 1. The van der Waals surface area contributed by atoms with Gasteiger partial charge in [0.15, 0.2) is 5.82 Å². The minimum atomic E-state index is -0.420. The number of hydrogen-bond donors (Lipinski definition) is 1. The molecule has 1 atom stereocenters. The van der Waals surface area contributed by atoms with Crippen LogP contribution in [0.25, 0.3) is 33.5 Å². The van der Waals surface area contributed by atoms with Crippen LogP contribution in [0, 0.1) is 13.8 Å². The molecule has 9 heteroatoms. The second-order valence-electron chi connectivity index (χ2n) is 8.21. The molecule has 0 radical (unpaired) electrons. The number of ether oxygens (including phenoxy) is 2. The van der Waals surface area contributed by atoms with Crippen LogP contribution in [0.4, 0.5) is 5.82 Å². The van der Waals surface area contributed by atoms with E-state index in [9.17, 15) is 4.79 Å². The average molecular weight is 447 g/mol. The number of carbonyl (C=O) groups excluding carboxylic acids is 1. The molecule has 0 saturated carbocycles. The number of fused-ring (bicyclic) bond motifs is 1. The maximum absolute atomic E-state index is 12.3. The second kappa shape index (κ2) is 8.32. The third kappa shape index (κ3) is 3.74. The smallest absolute Gasteiger partial charge is 0.337 e. The number of anilines is 1. The maximum Gasteiger partial charge on any atom is 0.337 e. The summed E-state index contributed by atoms with van der Waals surface area (Å²) in [5.41, 5.74) is 4.29. The molecule has 1 fully saturated rings. The zero-order chi connectivity index (χ0) is 23.1. The third-order valence-corrected chi connectivity index (χ3v) is 5.99. The standard InChI is InChI=1S/C24H25N5O4/c1-13-12-32-8-7-29(13)21-11-20(22-14(2)28-33-15(22)3)26-23(27-21)18-9-16(24(30)31-4)10-19-17(18)5-6-25-19/h5-6,9-11,13,25H,7-8,12H2,1-4H3/t13-/m1/s1. The molecule has 4 aromatic rings. The molecule has 0 unspecified atom stereocenters. The lowest BCUT2D eigenvalue weighted by atomic mass is 10.0. The molecule has 4 heterocycles. The van der Waals surface area contributed by atoms with Gasteiger partial charge >= 0.3 is 5.97 Å². The van der Waals surface area contributed by atoms with E-state index >= 15 is 0 Å². The van der Waals surface area contributed by atoms with Crippen molar-refractivity contribution < 1.29 is 18.8 Å². The van der Waals surface area contributed by atoms with Crippen molar-refractivity contribution in [3.8, 4) is 22.6 Å². The fraction of sp³-hybridized carbons (Fsp3) is 0.333. The van der Waals surface area contributed by atoms with E-state index in [-0.39, 0.29) is 6.04 Å². The zero-order valence-electron chi connectivity index (χ0n) is 19.0. The molecule has 33 heavy (non-hydrogen) atoms. The lowest BCUT2D eigenvalue weighted by Crippen LogP contribution is -2.44. The molecule has 0 amide bonds. The molecular formula is C24H25N5O4. The Bertz CT molecular complexity index is 1320. The summed E-state index contributed by atoms with van der Waals surface area (Å²) in [6, 6.07) is 7.63. The Labute approximate surface area is 190 Å². The van der Waals surface area contributed by atoms with Crippen molar-refractivity contribution in [3.63, 3.8) is 0 Å². The molecule has 1 aliphatic heterocycles. The fourth-order valence-electron chi connectivity index (χ4n) is 4.33. The van der Waals surface area contributed by atoms with Crippen LogP contribution in [0.15, 0.2) is 35.0 Å². The van der Waals surface area contributed by atoms with Gasteiger partial charge in [0.25, 0.3) is 0 Å². The Morgan fingerprint density at radius 3 is 2.82 bits per heavy atom. The lowest BCUT2D eigenvalue weighted by molar-refractivity contribution is 0.0601. The van der Waals surface area contributed by atoms with Crippen molar-refractivity contribution in [1.29, 1.82) is 0 Å². The van der Waals surface area contributed by atoms with Crippen LogP contribution in [-0.4, -0.2) is 59.0 Å². The predicted molar refractivity (Wildman–Crippen MR) is 123 cm³/mol. The number of aryl methyl sites for hydroxylation is 2. The molecule has 9 nitrogen and oxygen atoms in total. The van der Waals surface area contributed by atoms with Gasteiger partial charge in [0.05, 0.1) is 48.9 Å². The summed E-state index contributed by atoms with van der Waals surface area (Å²) < 4.78 is 16.0. The quantitative estimate of drug-likeness (QED) is 0.470. The number of carbonyl (C=O) groups is 1. The van der Waals surface area contributed by atoms with E-state index in [1.165, 1.54) is 7.11 Å². The molecule has 1 aliphatic rings. The first-order valence-corrected chi connectivity index (χ1v) is 10.8. The minimum Gasteiger partial charge on any atom is -0.465 e. The van der Waals surface area contributed by atoms with Gasteiger partial charge in [-0.1, -0.05) is 5.16 Å². The van der Waals surface area contributed by atoms with Crippen LogP contribution in [0.5, 0.6) is 0 Å². The molecule has 1 aromatic carbocycles. The highest BCUT2D eigenvalue weighted by Gasteiger charge is 2.25.